The zero-order chi connectivity index (χ0) is 23.2. The lowest BCUT2D eigenvalue weighted by Crippen LogP contribution is -1.84. The number of carbonyl (C=O) groups is 1. The number of aromatic hydroxyl groups is 3. The predicted octanol–water partition coefficient (Wildman–Crippen LogP) is 6.80. The van der Waals surface area contributed by atoms with Gasteiger partial charge in [-0.15, -0.1) is 0 Å². The van der Waals surface area contributed by atoms with Gasteiger partial charge in [0.2, 0.25) is 0 Å². The van der Waals surface area contributed by atoms with Gasteiger partial charge in [0.05, 0.1) is 0 Å². The standard InChI is InChI=1S/C20H30O2.C6H6O3/c1-2-3-4-5-6-7-8-9-10-11-12-13-14-15-16-17-18-19-20(21)22;7-4-1-5(8)3-6(9)2-4/h10-19H,2-9H2,1H3,(H,21,22);1-3,7-9H. The van der Waals surface area contributed by atoms with E-state index in [-0.39, 0.29) is 17.2 Å². The van der Waals surface area contributed by atoms with Crippen LogP contribution < -0.4 is 0 Å². The Morgan fingerprint density at radius 3 is 1.58 bits per heavy atom. The summed E-state index contributed by atoms with van der Waals surface area (Å²) in [6.45, 7) is 2.25. The van der Waals surface area contributed by atoms with Crippen molar-refractivity contribution >= 4 is 5.97 Å². The molecule has 0 spiro atoms. The Hall–Kier alpha value is -3.21. The third kappa shape index (κ3) is 21.3. The van der Waals surface area contributed by atoms with E-state index in [0.29, 0.717) is 0 Å². The van der Waals surface area contributed by atoms with Gasteiger partial charge in [0.1, 0.15) is 17.2 Å². The van der Waals surface area contributed by atoms with Crippen LogP contribution in [0.2, 0.25) is 0 Å². The van der Waals surface area contributed by atoms with Gasteiger partial charge in [-0.1, -0.05) is 100 Å². The maximum atomic E-state index is 10.2. The molecular weight excluding hydrogens is 392 g/mol. The lowest BCUT2D eigenvalue weighted by molar-refractivity contribution is -0.131. The van der Waals surface area contributed by atoms with Crippen molar-refractivity contribution in [2.45, 2.75) is 58.3 Å². The first-order valence-corrected chi connectivity index (χ1v) is 10.7. The van der Waals surface area contributed by atoms with Crippen LogP contribution in [0.5, 0.6) is 17.2 Å². The minimum absolute atomic E-state index is 0.146. The third-order valence-corrected chi connectivity index (χ3v) is 4.01. The smallest absolute Gasteiger partial charge is 0.328 e. The van der Waals surface area contributed by atoms with Gasteiger partial charge in [-0.05, 0) is 12.8 Å². The van der Waals surface area contributed by atoms with Gasteiger partial charge < -0.3 is 20.4 Å². The van der Waals surface area contributed by atoms with Crippen LogP contribution in [-0.2, 0) is 4.79 Å². The van der Waals surface area contributed by atoms with E-state index in [0.717, 1.165) is 30.7 Å². The second-order valence-electron chi connectivity index (χ2n) is 6.90. The summed E-state index contributed by atoms with van der Waals surface area (Å²) in [5.74, 6) is -1.37. The molecule has 0 atom stereocenters. The molecule has 4 N–H and O–H groups in total. The molecule has 0 aliphatic heterocycles. The van der Waals surface area contributed by atoms with Crippen LogP contribution in [-0.4, -0.2) is 26.4 Å². The summed E-state index contributed by atoms with van der Waals surface area (Å²) in [5, 5.41) is 34.4. The minimum atomic E-state index is -0.931. The molecular formula is C26H36O5. The number of hydrogen-bond acceptors (Lipinski definition) is 4. The minimum Gasteiger partial charge on any atom is -0.508 e. The highest BCUT2D eigenvalue weighted by atomic mass is 16.4. The summed E-state index contributed by atoms with van der Waals surface area (Å²) < 4.78 is 0. The van der Waals surface area contributed by atoms with E-state index in [1.165, 1.54) is 51.0 Å². The van der Waals surface area contributed by atoms with Crippen LogP contribution in [0.3, 0.4) is 0 Å². The summed E-state index contributed by atoms with van der Waals surface area (Å²) in [6.07, 6.45) is 28.8. The van der Waals surface area contributed by atoms with E-state index < -0.39 is 5.97 Å². The molecule has 0 amide bonds. The van der Waals surface area contributed by atoms with Crippen molar-refractivity contribution in [3.63, 3.8) is 0 Å². The van der Waals surface area contributed by atoms with Crippen molar-refractivity contribution in [2.75, 3.05) is 0 Å². The summed E-state index contributed by atoms with van der Waals surface area (Å²) >= 11 is 0. The molecule has 5 nitrogen and oxygen atoms in total. The lowest BCUT2D eigenvalue weighted by Gasteiger charge is -1.98. The Morgan fingerprint density at radius 1 is 0.677 bits per heavy atom. The van der Waals surface area contributed by atoms with E-state index in [4.69, 9.17) is 20.4 Å². The number of allylic oxidation sites excluding steroid dienone is 9. The Kier molecular flexibility index (Phi) is 18.0. The predicted molar refractivity (Wildman–Crippen MR) is 127 cm³/mol. The van der Waals surface area contributed by atoms with E-state index in [1.807, 2.05) is 24.3 Å². The van der Waals surface area contributed by atoms with Crippen molar-refractivity contribution in [1.29, 1.82) is 0 Å². The van der Waals surface area contributed by atoms with Gasteiger partial charge in [-0.3, -0.25) is 0 Å². The van der Waals surface area contributed by atoms with Gasteiger partial charge >= 0.3 is 5.97 Å². The highest BCUT2D eigenvalue weighted by Crippen LogP contribution is 2.23. The van der Waals surface area contributed by atoms with Crippen molar-refractivity contribution in [2.24, 2.45) is 0 Å². The van der Waals surface area contributed by atoms with Crippen LogP contribution >= 0.6 is 0 Å². The molecule has 0 aliphatic rings. The molecule has 5 heteroatoms. The molecule has 31 heavy (non-hydrogen) atoms. The van der Waals surface area contributed by atoms with Crippen molar-refractivity contribution in [3.05, 3.63) is 79.0 Å². The number of hydrogen-bond donors (Lipinski definition) is 4. The maximum Gasteiger partial charge on any atom is 0.328 e. The van der Waals surface area contributed by atoms with Gasteiger partial charge in [-0.25, -0.2) is 4.79 Å². The highest BCUT2D eigenvalue weighted by molar-refractivity contribution is 5.80. The zero-order valence-corrected chi connectivity index (χ0v) is 18.4. The number of phenolic OH excluding ortho intramolecular Hbond substituents is 3. The topological polar surface area (TPSA) is 98.0 Å². The second-order valence-corrected chi connectivity index (χ2v) is 6.90. The van der Waals surface area contributed by atoms with E-state index >= 15 is 0 Å². The normalized spacial score (nSPS) is 11.8. The van der Waals surface area contributed by atoms with Crippen molar-refractivity contribution < 1.29 is 25.2 Å². The molecule has 0 saturated heterocycles. The second kappa shape index (κ2) is 20.1. The average Bonchev–Trinajstić information content (AvgIpc) is 2.69. The molecule has 0 radical (unpaired) electrons. The number of benzene rings is 1. The SMILES string of the molecule is CCCCCCCCCC=CC=CC=CC=CC=CC(=O)O.Oc1cc(O)cc(O)c1. The monoisotopic (exact) mass is 428 g/mol. The zero-order valence-electron chi connectivity index (χ0n) is 18.4. The summed E-state index contributed by atoms with van der Waals surface area (Å²) in [5.41, 5.74) is 0. The van der Waals surface area contributed by atoms with Gasteiger partial charge in [-0.2, -0.15) is 0 Å². The fourth-order valence-electron chi connectivity index (χ4n) is 2.50. The van der Waals surface area contributed by atoms with E-state index in [1.54, 1.807) is 12.2 Å². The molecule has 0 fully saturated rings. The average molecular weight is 429 g/mol. The number of carboxylic acid groups (broad SMARTS) is 1. The summed E-state index contributed by atoms with van der Waals surface area (Å²) in [6, 6.07) is 3.42. The Balaban J connectivity index is 0.000000823. The van der Waals surface area contributed by atoms with E-state index in [9.17, 15) is 4.79 Å². The Morgan fingerprint density at radius 2 is 1.10 bits per heavy atom. The maximum absolute atomic E-state index is 10.2. The van der Waals surface area contributed by atoms with Crippen molar-refractivity contribution in [1.82, 2.24) is 0 Å². The lowest BCUT2D eigenvalue weighted by atomic mass is 10.1. The number of phenols is 3. The molecule has 0 saturated carbocycles. The molecule has 1 aromatic carbocycles. The van der Waals surface area contributed by atoms with Gasteiger partial charge in [0, 0.05) is 24.3 Å². The highest BCUT2D eigenvalue weighted by Gasteiger charge is 1.94. The van der Waals surface area contributed by atoms with Crippen molar-refractivity contribution in [3.8, 4) is 17.2 Å². The fourth-order valence-corrected chi connectivity index (χ4v) is 2.50. The van der Waals surface area contributed by atoms with E-state index in [2.05, 4.69) is 19.1 Å². The molecule has 170 valence electrons. The first kappa shape index (κ1) is 27.8. The van der Waals surface area contributed by atoms with Crippen LogP contribution in [0, 0.1) is 0 Å². The fraction of sp³-hybridized carbons (Fsp3) is 0.346. The Labute approximate surface area is 186 Å². The summed E-state index contributed by atoms with van der Waals surface area (Å²) in [7, 11) is 0. The first-order chi connectivity index (χ1) is 15.0. The molecule has 1 aromatic rings. The van der Waals surface area contributed by atoms with Crippen LogP contribution in [0.15, 0.2) is 79.0 Å². The number of carboxylic acids is 1. The van der Waals surface area contributed by atoms with Crippen LogP contribution in [0.25, 0.3) is 0 Å². The quantitative estimate of drug-likeness (QED) is 0.157. The molecule has 0 aromatic heterocycles. The Bertz CT molecular complexity index is 692. The number of aliphatic carboxylic acids is 1. The third-order valence-electron chi connectivity index (χ3n) is 4.01. The number of unbranched alkanes of at least 4 members (excludes halogenated alkanes) is 7. The van der Waals surface area contributed by atoms with Gasteiger partial charge in [0.15, 0.2) is 0 Å². The first-order valence-electron chi connectivity index (χ1n) is 10.7. The molecule has 0 bridgehead atoms. The van der Waals surface area contributed by atoms with Gasteiger partial charge in [0.25, 0.3) is 0 Å². The largest absolute Gasteiger partial charge is 0.508 e. The molecule has 0 heterocycles. The number of rotatable bonds is 13. The summed E-state index contributed by atoms with van der Waals surface area (Å²) in [4.78, 5) is 10.2. The molecule has 0 aliphatic carbocycles. The van der Waals surface area contributed by atoms with Crippen LogP contribution in [0.1, 0.15) is 58.3 Å². The van der Waals surface area contributed by atoms with Crippen LogP contribution in [0.4, 0.5) is 0 Å². The molecule has 1 rings (SSSR count). The molecule has 0 unspecified atom stereocenters.